The lowest BCUT2D eigenvalue weighted by molar-refractivity contribution is 0.386. The molecular formula is C13H13FN2O3S. The zero-order valence-corrected chi connectivity index (χ0v) is 11.7. The Bertz CT molecular complexity index is 715. The first kappa shape index (κ1) is 14.3. The Kier molecular flexibility index (Phi) is 3.89. The molecule has 2 aromatic rings. The maximum atomic E-state index is 13.6. The van der Waals surface area contributed by atoms with Crippen molar-refractivity contribution in [2.75, 3.05) is 18.1 Å². The monoisotopic (exact) mass is 296 g/mol. The van der Waals surface area contributed by atoms with Crippen LogP contribution < -0.4 is 9.46 Å². The first-order valence-corrected chi connectivity index (χ1v) is 7.56. The SMILES string of the molecule is COc1ccc(-c2ccc(NS(C)(=O)=O)nc2)cc1F. The van der Waals surface area contributed by atoms with E-state index in [1.54, 1.807) is 12.1 Å². The van der Waals surface area contributed by atoms with E-state index >= 15 is 0 Å². The highest BCUT2D eigenvalue weighted by atomic mass is 32.2. The molecule has 0 atom stereocenters. The van der Waals surface area contributed by atoms with E-state index in [4.69, 9.17) is 4.74 Å². The summed E-state index contributed by atoms with van der Waals surface area (Å²) in [5, 5.41) is 0. The Morgan fingerprint density at radius 2 is 1.90 bits per heavy atom. The minimum atomic E-state index is -3.36. The van der Waals surface area contributed by atoms with E-state index in [1.165, 1.54) is 31.5 Å². The average molecular weight is 296 g/mol. The van der Waals surface area contributed by atoms with E-state index in [-0.39, 0.29) is 11.6 Å². The minimum absolute atomic E-state index is 0.164. The second-order valence-electron chi connectivity index (χ2n) is 4.16. The largest absolute Gasteiger partial charge is 0.494 e. The molecule has 0 spiro atoms. The van der Waals surface area contributed by atoms with Gasteiger partial charge in [0.1, 0.15) is 5.82 Å². The highest BCUT2D eigenvalue weighted by Gasteiger charge is 2.07. The summed E-state index contributed by atoms with van der Waals surface area (Å²) in [6.07, 6.45) is 2.51. The predicted octanol–water partition coefficient (Wildman–Crippen LogP) is 2.27. The highest BCUT2D eigenvalue weighted by Crippen LogP contribution is 2.25. The normalized spacial score (nSPS) is 11.2. The van der Waals surface area contributed by atoms with Gasteiger partial charge in [0.25, 0.3) is 0 Å². The van der Waals surface area contributed by atoms with Crippen molar-refractivity contribution in [2.24, 2.45) is 0 Å². The molecule has 5 nitrogen and oxygen atoms in total. The number of nitrogens with zero attached hydrogens (tertiary/aromatic N) is 1. The zero-order chi connectivity index (χ0) is 14.8. The second kappa shape index (κ2) is 5.46. The van der Waals surface area contributed by atoms with Crippen molar-refractivity contribution >= 4 is 15.8 Å². The van der Waals surface area contributed by atoms with Gasteiger partial charge in [-0.2, -0.15) is 0 Å². The smallest absolute Gasteiger partial charge is 0.230 e. The maximum Gasteiger partial charge on any atom is 0.230 e. The second-order valence-corrected chi connectivity index (χ2v) is 5.90. The number of nitrogens with one attached hydrogen (secondary N) is 1. The summed E-state index contributed by atoms with van der Waals surface area (Å²) in [5.74, 6) is -0.0920. The van der Waals surface area contributed by atoms with Crippen molar-refractivity contribution in [2.45, 2.75) is 0 Å². The molecule has 20 heavy (non-hydrogen) atoms. The third-order valence-electron chi connectivity index (χ3n) is 2.54. The van der Waals surface area contributed by atoms with Gasteiger partial charge in [-0.15, -0.1) is 0 Å². The molecule has 0 aliphatic carbocycles. The van der Waals surface area contributed by atoms with Gasteiger partial charge in [0.05, 0.1) is 13.4 Å². The molecule has 0 radical (unpaired) electrons. The van der Waals surface area contributed by atoms with Gasteiger partial charge in [-0.3, -0.25) is 4.72 Å². The van der Waals surface area contributed by atoms with Gasteiger partial charge in [-0.25, -0.2) is 17.8 Å². The van der Waals surface area contributed by atoms with Crippen LogP contribution in [0.4, 0.5) is 10.2 Å². The van der Waals surface area contributed by atoms with Gasteiger partial charge in [0.2, 0.25) is 10.0 Å². The molecule has 106 valence electrons. The minimum Gasteiger partial charge on any atom is -0.494 e. The van der Waals surface area contributed by atoms with Crippen LogP contribution in [0.1, 0.15) is 0 Å². The fourth-order valence-corrected chi connectivity index (χ4v) is 2.16. The van der Waals surface area contributed by atoms with Crippen LogP contribution in [0.2, 0.25) is 0 Å². The van der Waals surface area contributed by atoms with Crippen molar-refractivity contribution < 1.29 is 17.5 Å². The van der Waals surface area contributed by atoms with Gasteiger partial charge < -0.3 is 4.74 Å². The van der Waals surface area contributed by atoms with Crippen LogP contribution in [0.5, 0.6) is 5.75 Å². The third-order valence-corrected chi connectivity index (χ3v) is 3.12. The molecule has 7 heteroatoms. The van der Waals surface area contributed by atoms with Crippen LogP contribution in [0.15, 0.2) is 36.5 Å². The third kappa shape index (κ3) is 3.45. The van der Waals surface area contributed by atoms with Gasteiger partial charge in [0, 0.05) is 11.8 Å². The Labute approximate surface area is 116 Å². The Morgan fingerprint density at radius 3 is 2.40 bits per heavy atom. The van der Waals surface area contributed by atoms with Crippen LogP contribution in [0.25, 0.3) is 11.1 Å². The Balaban J connectivity index is 2.28. The number of ether oxygens (including phenoxy) is 1. The van der Waals surface area contributed by atoms with E-state index < -0.39 is 15.8 Å². The lowest BCUT2D eigenvalue weighted by Gasteiger charge is -2.07. The number of hydrogen-bond donors (Lipinski definition) is 1. The molecule has 1 heterocycles. The van der Waals surface area contributed by atoms with Gasteiger partial charge in [0.15, 0.2) is 11.6 Å². The van der Waals surface area contributed by atoms with E-state index in [0.717, 1.165) is 6.26 Å². The fraction of sp³-hybridized carbons (Fsp3) is 0.154. The van der Waals surface area contributed by atoms with E-state index in [1.807, 2.05) is 0 Å². The predicted molar refractivity (Wildman–Crippen MR) is 74.6 cm³/mol. The Morgan fingerprint density at radius 1 is 1.20 bits per heavy atom. The number of methoxy groups -OCH3 is 1. The molecule has 0 saturated heterocycles. The van der Waals surface area contributed by atoms with E-state index in [9.17, 15) is 12.8 Å². The van der Waals surface area contributed by atoms with Crippen molar-refractivity contribution in [3.8, 4) is 16.9 Å². The summed E-state index contributed by atoms with van der Waals surface area (Å²) < 4.78 is 42.8. The number of aromatic nitrogens is 1. The molecule has 0 bridgehead atoms. The van der Waals surface area contributed by atoms with E-state index in [2.05, 4.69) is 9.71 Å². The standard InChI is InChI=1S/C13H13FN2O3S/c1-19-12-5-3-9(7-11(12)14)10-4-6-13(15-8-10)16-20(2,17)18/h3-8H,1-2H3,(H,15,16). The molecule has 0 aliphatic rings. The lowest BCUT2D eigenvalue weighted by Crippen LogP contribution is -2.10. The van der Waals surface area contributed by atoms with Crippen LogP contribution >= 0.6 is 0 Å². The van der Waals surface area contributed by atoms with Gasteiger partial charge in [-0.1, -0.05) is 6.07 Å². The molecule has 2 rings (SSSR count). The van der Waals surface area contributed by atoms with Crippen LogP contribution in [0.3, 0.4) is 0 Å². The number of pyridine rings is 1. The summed E-state index contributed by atoms with van der Waals surface area (Å²) in [4.78, 5) is 3.97. The van der Waals surface area contributed by atoms with E-state index in [0.29, 0.717) is 11.1 Å². The van der Waals surface area contributed by atoms with Gasteiger partial charge in [-0.05, 0) is 29.8 Å². The number of sulfonamides is 1. The average Bonchev–Trinajstić information content (AvgIpc) is 2.37. The van der Waals surface area contributed by atoms with Crippen molar-refractivity contribution in [1.29, 1.82) is 0 Å². The quantitative estimate of drug-likeness (QED) is 0.939. The highest BCUT2D eigenvalue weighted by molar-refractivity contribution is 7.92. The van der Waals surface area contributed by atoms with Crippen LogP contribution in [0, 0.1) is 5.82 Å². The van der Waals surface area contributed by atoms with Crippen molar-refractivity contribution in [3.05, 3.63) is 42.3 Å². The molecule has 0 amide bonds. The van der Waals surface area contributed by atoms with Crippen molar-refractivity contribution in [1.82, 2.24) is 4.98 Å². The fourth-order valence-electron chi connectivity index (χ4n) is 1.66. The molecule has 0 fully saturated rings. The topological polar surface area (TPSA) is 68.3 Å². The molecule has 1 aromatic heterocycles. The molecular weight excluding hydrogens is 283 g/mol. The Hall–Kier alpha value is -2.15. The summed E-state index contributed by atoms with van der Waals surface area (Å²) in [5.41, 5.74) is 1.30. The van der Waals surface area contributed by atoms with Gasteiger partial charge >= 0.3 is 0 Å². The van der Waals surface area contributed by atoms with Crippen molar-refractivity contribution in [3.63, 3.8) is 0 Å². The van der Waals surface area contributed by atoms with Crippen LogP contribution in [-0.4, -0.2) is 26.8 Å². The summed E-state index contributed by atoms with van der Waals surface area (Å²) in [7, 11) is -1.97. The molecule has 0 aliphatic heterocycles. The molecule has 1 N–H and O–H groups in total. The zero-order valence-electron chi connectivity index (χ0n) is 10.9. The maximum absolute atomic E-state index is 13.6. The lowest BCUT2D eigenvalue weighted by atomic mass is 10.1. The molecule has 1 aromatic carbocycles. The first-order chi connectivity index (χ1) is 9.39. The summed E-state index contributed by atoms with van der Waals surface area (Å²) >= 11 is 0. The molecule has 0 saturated carbocycles. The van der Waals surface area contributed by atoms with Crippen LogP contribution in [-0.2, 0) is 10.0 Å². The first-order valence-electron chi connectivity index (χ1n) is 5.67. The summed E-state index contributed by atoms with van der Waals surface area (Å²) in [6, 6.07) is 7.72. The number of halogens is 1. The number of benzene rings is 1. The number of hydrogen-bond acceptors (Lipinski definition) is 4. The molecule has 0 unspecified atom stereocenters. The number of anilines is 1. The summed E-state index contributed by atoms with van der Waals surface area (Å²) in [6.45, 7) is 0. The number of rotatable bonds is 4.